The summed E-state index contributed by atoms with van der Waals surface area (Å²) < 4.78 is 26.5. The van der Waals surface area contributed by atoms with Gasteiger partial charge in [-0.3, -0.25) is 9.29 Å². The lowest BCUT2D eigenvalue weighted by Crippen LogP contribution is -2.27. The second kappa shape index (κ2) is 6.84. The maximum Gasteiger partial charge on any atom is 0.233 e. The number of anilines is 1. The number of nitrogens with zero attached hydrogens (tertiary/aromatic N) is 7. The van der Waals surface area contributed by atoms with Crippen molar-refractivity contribution in [3.63, 3.8) is 0 Å². The summed E-state index contributed by atoms with van der Waals surface area (Å²) >= 11 is 5.89. The molecular weight excluding hydrogens is 382 g/mol. The standard InChI is InChI=1S/C14H14ClN7O3S/c1-21(26(2,24)25)13-11(16-3-4-17-13)8-22-10(7-19-23)5-9-6-18-14(15)20-12(9)22/h3-7,23H,8H2,1-2H3. The van der Waals surface area contributed by atoms with Gasteiger partial charge in [-0.25, -0.2) is 18.4 Å². The molecule has 0 fully saturated rings. The quantitative estimate of drug-likeness (QED) is 0.297. The summed E-state index contributed by atoms with van der Waals surface area (Å²) in [6.07, 6.45) is 6.71. The molecule has 3 rings (SSSR count). The van der Waals surface area contributed by atoms with Gasteiger partial charge in [-0.1, -0.05) is 5.16 Å². The molecule has 3 aromatic rings. The highest BCUT2D eigenvalue weighted by Crippen LogP contribution is 2.22. The van der Waals surface area contributed by atoms with Crippen LogP contribution in [0, 0.1) is 0 Å². The molecule has 3 heterocycles. The minimum Gasteiger partial charge on any atom is -0.411 e. The molecule has 0 spiro atoms. The Kier molecular flexibility index (Phi) is 4.74. The fourth-order valence-electron chi connectivity index (χ4n) is 2.41. The van der Waals surface area contributed by atoms with E-state index in [2.05, 4.69) is 25.1 Å². The Bertz CT molecular complexity index is 1100. The molecule has 0 bridgehead atoms. The van der Waals surface area contributed by atoms with Crippen molar-refractivity contribution in [1.29, 1.82) is 0 Å². The molecule has 1 N–H and O–H groups in total. The molecule has 0 unspecified atom stereocenters. The van der Waals surface area contributed by atoms with Crippen molar-refractivity contribution in [3.8, 4) is 0 Å². The summed E-state index contributed by atoms with van der Waals surface area (Å²) in [5, 5.41) is 12.7. The van der Waals surface area contributed by atoms with Gasteiger partial charge >= 0.3 is 0 Å². The Morgan fingerprint density at radius 2 is 2.08 bits per heavy atom. The van der Waals surface area contributed by atoms with E-state index >= 15 is 0 Å². The summed E-state index contributed by atoms with van der Waals surface area (Å²) in [4.78, 5) is 16.5. The summed E-state index contributed by atoms with van der Waals surface area (Å²) in [6, 6.07) is 1.71. The number of hydrogen-bond acceptors (Lipinski definition) is 8. The van der Waals surface area contributed by atoms with Gasteiger partial charge in [0, 0.05) is 31.0 Å². The van der Waals surface area contributed by atoms with Gasteiger partial charge in [0.05, 0.1) is 24.7 Å². The van der Waals surface area contributed by atoms with Crippen LogP contribution in [-0.2, 0) is 16.6 Å². The highest BCUT2D eigenvalue weighted by atomic mass is 35.5. The summed E-state index contributed by atoms with van der Waals surface area (Å²) in [5.41, 5.74) is 1.39. The zero-order valence-corrected chi connectivity index (χ0v) is 15.3. The van der Waals surface area contributed by atoms with Gasteiger partial charge in [-0.05, 0) is 17.7 Å². The van der Waals surface area contributed by atoms with Gasteiger partial charge < -0.3 is 9.77 Å². The maximum atomic E-state index is 11.9. The fraction of sp³-hybridized carbons (Fsp3) is 0.214. The van der Waals surface area contributed by atoms with E-state index in [-0.39, 0.29) is 17.6 Å². The zero-order valence-electron chi connectivity index (χ0n) is 13.8. The predicted molar refractivity (Wildman–Crippen MR) is 96.3 cm³/mol. The summed E-state index contributed by atoms with van der Waals surface area (Å²) in [7, 11) is -2.12. The third-order valence-electron chi connectivity index (χ3n) is 3.68. The molecule has 0 aliphatic heterocycles. The Hall–Kier alpha value is -2.79. The minimum atomic E-state index is -3.52. The number of hydrogen-bond donors (Lipinski definition) is 1. The topological polar surface area (TPSA) is 126 Å². The third kappa shape index (κ3) is 3.44. The molecule has 26 heavy (non-hydrogen) atoms. The zero-order chi connectivity index (χ0) is 18.9. The van der Waals surface area contributed by atoms with Crippen molar-refractivity contribution >= 4 is 44.7 Å². The van der Waals surface area contributed by atoms with Crippen LogP contribution in [0.3, 0.4) is 0 Å². The van der Waals surface area contributed by atoms with E-state index in [0.717, 1.165) is 10.6 Å². The highest BCUT2D eigenvalue weighted by molar-refractivity contribution is 7.92. The number of rotatable bonds is 5. The first-order chi connectivity index (χ1) is 12.3. The molecule has 0 atom stereocenters. The van der Waals surface area contributed by atoms with E-state index in [1.165, 1.54) is 31.9 Å². The van der Waals surface area contributed by atoms with Crippen LogP contribution < -0.4 is 4.31 Å². The lowest BCUT2D eigenvalue weighted by atomic mass is 10.3. The van der Waals surface area contributed by atoms with Crippen molar-refractivity contribution < 1.29 is 13.6 Å². The third-order valence-corrected chi connectivity index (χ3v) is 5.03. The number of halogens is 1. The second-order valence-corrected chi connectivity index (χ2v) is 7.73. The van der Waals surface area contributed by atoms with E-state index in [4.69, 9.17) is 16.8 Å². The first-order valence-corrected chi connectivity index (χ1v) is 9.47. The van der Waals surface area contributed by atoms with Crippen LogP contribution in [0.4, 0.5) is 5.82 Å². The lowest BCUT2D eigenvalue weighted by molar-refractivity contribution is 0.321. The van der Waals surface area contributed by atoms with Crippen LogP contribution in [-0.4, -0.2) is 57.6 Å². The van der Waals surface area contributed by atoms with E-state index in [0.29, 0.717) is 22.4 Å². The molecule has 0 aliphatic carbocycles. The van der Waals surface area contributed by atoms with Gasteiger partial charge in [-0.15, -0.1) is 0 Å². The number of oxime groups is 1. The van der Waals surface area contributed by atoms with Crippen LogP contribution in [0.15, 0.2) is 29.8 Å². The van der Waals surface area contributed by atoms with Crippen molar-refractivity contribution in [2.75, 3.05) is 17.6 Å². The van der Waals surface area contributed by atoms with Crippen molar-refractivity contribution in [3.05, 3.63) is 41.3 Å². The average molecular weight is 396 g/mol. The molecule has 12 heteroatoms. The average Bonchev–Trinajstić information content (AvgIpc) is 2.91. The van der Waals surface area contributed by atoms with Gasteiger partial charge in [-0.2, -0.15) is 4.98 Å². The number of aromatic nitrogens is 5. The van der Waals surface area contributed by atoms with Crippen LogP contribution >= 0.6 is 11.6 Å². The van der Waals surface area contributed by atoms with Gasteiger partial charge in [0.25, 0.3) is 0 Å². The van der Waals surface area contributed by atoms with Crippen molar-refractivity contribution in [2.45, 2.75) is 6.54 Å². The molecule has 0 saturated heterocycles. The normalized spacial score (nSPS) is 12.1. The molecule has 10 nitrogen and oxygen atoms in total. The monoisotopic (exact) mass is 395 g/mol. The van der Waals surface area contributed by atoms with Crippen LogP contribution in [0.1, 0.15) is 11.4 Å². The van der Waals surface area contributed by atoms with E-state index in [1.54, 1.807) is 10.6 Å². The summed E-state index contributed by atoms with van der Waals surface area (Å²) in [5.74, 6) is 0.184. The maximum absolute atomic E-state index is 11.9. The SMILES string of the molecule is CN(c1nccnc1Cn1c(C=NO)cc2cnc(Cl)nc21)S(C)(=O)=O. The minimum absolute atomic E-state index is 0.0527. The first kappa shape index (κ1) is 18.0. The molecular formula is C14H14ClN7O3S. The van der Waals surface area contributed by atoms with Crippen LogP contribution in [0.2, 0.25) is 5.28 Å². The lowest BCUT2D eigenvalue weighted by Gasteiger charge is -2.18. The molecule has 136 valence electrons. The molecule has 0 aromatic carbocycles. The smallest absolute Gasteiger partial charge is 0.233 e. The molecule has 0 radical (unpaired) electrons. The molecule has 3 aromatic heterocycles. The molecule has 0 amide bonds. The molecule has 0 aliphatic rings. The van der Waals surface area contributed by atoms with Crippen molar-refractivity contribution in [2.24, 2.45) is 5.16 Å². The Labute approximate surface area is 153 Å². The Morgan fingerprint density at radius 3 is 2.77 bits per heavy atom. The second-order valence-electron chi connectivity index (χ2n) is 5.38. The van der Waals surface area contributed by atoms with Gasteiger partial charge in [0.1, 0.15) is 11.3 Å². The van der Waals surface area contributed by atoms with Crippen LogP contribution in [0.5, 0.6) is 0 Å². The Balaban J connectivity index is 2.16. The fourth-order valence-corrected chi connectivity index (χ4v) is 3.01. The number of sulfonamides is 1. The first-order valence-electron chi connectivity index (χ1n) is 7.24. The van der Waals surface area contributed by atoms with Gasteiger partial charge in [0.15, 0.2) is 5.82 Å². The number of fused-ring (bicyclic) bond motifs is 1. The predicted octanol–water partition coefficient (Wildman–Crippen LogP) is 1.13. The van der Waals surface area contributed by atoms with E-state index < -0.39 is 10.0 Å². The Morgan fingerprint density at radius 1 is 1.35 bits per heavy atom. The summed E-state index contributed by atoms with van der Waals surface area (Å²) in [6.45, 7) is 0.126. The van der Waals surface area contributed by atoms with Crippen LogP contribution in [0.25, 0.3) is 11.0 Å². The van der Waals surface area contributed by atoms with Crippen molar-refractivity contribution in [1.82, 2.24) is 24.5 Å². The largest absolute Gasteiger partial charge is 0.411 e. The van der Waals surface area contributed by atoms with E-state index in [1.807, 2.05) is 0 Å². The highest BCUT2D eigenvalue weighted by Gasteiger charge is 2.20. The van der Waals surface area contributed by atoms with Gasteiger partial charge in [0.2, 0.25) is 15.3 Å². The molecule has 0 saturated carbocycles. The van der Waals surface area contributed by atoms with E-state index in [9.17, 15) is 8.42 Å².